The lowest BCUT2D eigenvalue weighted by Gasteiger charge is -2.30. The number of rotatable bonds is 5. The molecule has 3 heterocycles. The van der Waals surface area contributed by atoms with Gasteiger partial charge in [-0.3, -0.25) is 14.5 Å². The monoisotopic (exact) mass is 420 g/mol. The topological polar surface area (TPSA) is 79.5 Å². The summed E-state index contributed by atoms with van der Waals surface area (Å²) >= 11 is 0. The van der Waals surface area contributed by atoms with Gasteiger partial charge in [0.05, 0.1) is 16.6 Å². The quantitative estimate of drug-likeness (QED) is 0.614. The van der Waals surface area contributed by atoms with Gasteiger partial charge in [-0.2, -0.15) is 0 Å². The highest BCUT2D eigenvalue weighted by Gasteiger charge is 2.26. The van der Waals surface area contributed by atoms with Crippen LogP contribution in [0.15, 0.2) is 41.1 Å². The van der Waals surface area contributed by atoms with Gasteiger partial charge in [0.15, 0.2) is 0 Å². The number of likely N-dealkylation sites (tertiary alicyclic amines) is 1. The van der Waals surface area contributed by atoms with Gasteiger partial charge in [0.25, 0.3) is 11.6 Å². The van der Waals surface area contributed by atoms with Crippen LogP contribution in [0.25, 0.3) is 11.1 Å². The Labute approximate surface area is 182 Å². The number of aromatic nitrogens is 2. The number of pyridine rings is 1. The van der Waals surface area contributed by atoms with E-state index in [0.29, 0.717) is 17.0 Å². The molecule has 0 N–H and O–H groups in total. The van der Waals surface area contributed by atoms with Crippen LogP contribution in [-0.4, -0.2) is 46.5 Å². The second-order valence-electron chi connectivity index (χ2n) is 8.47. The summed E-state index contributed by atoms with van der Waals surface area (Å²) in [5, 5.41) is 4.82. The van der Waals surface area contributed by atoms with E-state index in [-0.39, 0.29) is 24.3 Å². The normalized spacial score (nSPS) is 14.3. The first-order valence-corrected chi connectivity index (χ1v) is 10.9. The average molecular weight is 421 g/mol. The number of aryl methyl sites for hydroxylation is 1. The van der Waals surface area contributed by atoms with Crippen molar-refractivity contribution in [2.24, 2.45) is 0 Å². The van der Waals surface area contributed by atoms with E-state index in [9.17, 15) is 9.59 Å². The van der Waals surface area contributed by atoms with Crippen LogP contribution in [-0.2, 0) is 4.79 Å². The molecule has 1 fully saturated rings. The third kappa shape index (κ3) is 4.45. The minimum absolute atomic E-state index is 0.000601. The number of carbonyl (C=O) groups is 2. The van der Waals surface area contributed by atoms with E-state index in [1.54, 1.807) is 11.0 Å². The third-order valence-electron chi connectivity index (χ3n) is 5.74. The molecule has 31 heavy (non-hydrogen) atoms. The number of fused-ring (bicyclic) bond motifs is 1. The van der Waals surface area contributed by atoms with Crippen molar-refractivity contribution < 1.29 is 14.1 Å². The molecule has 2 aromatic heterocycles. The first-order chi connectivity index (χ1) is 14.9. The van der Waals surface area contributed by atoms with Gasteiger partial charge < -0.3 is 9.42 Å². The summed E-state index contributed by atoms with van der Waals surface area (Å²) in [5.74, 6) is -0.155. The largest absolute Gasteiger partial charge is 0.341 e. The highest BCUT2D eigenvalue weighted by Crippen LogP contribution is 2.26. The van der Waals surface area contributed by atoms with E-state index in [2.05, 4.69) is 10.1 Å². The fraction of sp³-hybridized carbons (Fsp3) is 0.417. The Bertz CT molecular complexity index is 1080. The molecule has 0 spiro atoms. The molecular weight excluding hydrogens is 392 g/mol. The predicted molar refractivity (Wildman–Crippen MR) is 119 cm³/mol. The SMILES string of the molecule is Cc1ccc(N(CC(=O)N2CCCCC2)C(=O)c2cnc3onc(C(C)C)c3c2)cc1. The minimum Gasteiger partial charge on any atom is -0.341 e. The van der Waals surface area contributed by atoms with E-state index < -0.39 is 0 Å². The van der Waals surface area contributed by atoms with Gasteiger partial charge in [-0.05, 0) is 50.3 Å². The second-order valence-corrected chi connectivity index (χ2v) is 8.47. The van der Waals surface area contributed by atoms with Crippen LogP contribution in [0, 0.1) is 6.92 Å². The molecule has 3 aromatic rings. The molecule has 0 radical (unpaired) electrons. The van der Waals surface area contributed by atoms with E-state index in [4.69, 9.17) is 4.52 Å². The number of carbonyl (C=O) groups excluding carboxylic acids is 2. The van der Waals surface area contributed by atoms with Crippen LogP contribution < -0.4 is 4.90 Å². The van der Waals surface area contributed by atoms with Crippen LogP contribution in [0.4, 0.5) is 5.69 Å². The molecule has 162 valence electrons. The highest BCUT2D eigenvalue weighted by molar-refractivity contribution is 6.09. The van der Waals surface area contributed by atoms with Crippen LogP contribution in [0.3, 0.4) is 0 Å². The lowest BCUT2D eigenvalue weighted by molar-refractivity contribution is -0.130. The molecule has 0 atom stereocenters. The smallest absolute Gasteiger partial charge is 0.260 e. The molecule has 1 aromatic carbocycles. The lowest BCUT2D eigenvalue weighted by Crippen LogP contribution is -2.45. The van der Waals surface area contributed by atoms with Crippen molar-refractivity contribution in [3.63, 3.8) is 0 Å². The Balaban J connectivity index is 1.67. The van der Waals surface area contributed by atoms with Gasteiger partial charge in [0.1, 0.15) is 6.54 Å². The number of hydrogen-bond donors (Lipinski definition) is 0. The van der Waals surface area contributed by atoms with Crippen LogP contribution in [0.1, 0.15) is 60.6 Å². The van der Waals surface area contributed by atoms with E-state index >= 15 is 0 Å². The fourth-order valence-corrected chi connectivity index (χ4v) is 3.92. The predicted octanol–water partition coefficient (Wildman–Crippen LogP) is 4.31. The molecule has 0 saturated carbocycles. The molecule has 0 bridgehead atoms. The molecule has 7 nitrogen and oxygen atoms in total. The molecular formula is C24H28N4O3. The molecule has 7 heteroatoms. The molecule has 1 aliphatic rings. The van der Waals surface area contributed by atoms with Gasteiger partial charge in [-0.1, -0.05) is 36.7 Å². The Morgan fingerprint density at radius 3 is 2.52 bits per heavy atom. The summed E-state index contributed by atoms with van der Waals surface area (Å²) in [5.41, 5.74) is 3.36. The zero-order chi connectivity index (χ0) is 22.0. The maximum atomic E-state index is 13.6. The summed E-state index contributed by atoms with van der Waals surface area (Å²) in [6, 6.07) is 9.41. The van der Waals surface area contributed by atoms with Crippen LogP contribution >= 0.6 is 0 Å². The second kappa shape index (κ2) is 8.88. The van der Waals surface area contributed by atoms with E-state index in [1.165, 1.54) is 6.20 Å². The van der Waals surface area contributed by atoms with E-state index in [0.717, 1.165) is 49.0 Å². The fourth-order valence-electron chi connectivity index (χ4n) is 3.92. The molecule has 4 rings (SSSR count). The number of amides is 2. The van der Waals surface area contributed by atoms with Gasteiger partial charge in [-0.25, -0.2) is 4.98 Å². The maximum Gasteiger partial charge on any atom is 0.260 e. The number of nitrogens with zero attached hydrogens (tertiary/aromatic N) is 4. The standard InChI is InChI=1S/C24H28N4O3/c1-16(2)22-20-13-18(14-25-23(20)31-26-22)24(30)28(19-9-7-17(3)8-10-19)15-21(29)27-11-5-4-6-12-27/h7-10,13-14,16H,4-6,11-12,15H2,1-3H3. The minimum atomic E-state index is -0.264. The van der Waals surface area contributed by atoms with Crippen LogP contribution in [0.5, 0.6) is 0 Å². The molecule has 2 amide bonds. The molecule has 0 aliphatic carbocycles. The van der Waals surface area contributed by atoms with Crippen molar-refractivity contribution in [1.29, 1.82) is 0 Å². The van der Waals surface area contributed by atoms with Crippen molar-refractivity contribution in [2.75, 3.05) is 24.5 Å². The van der Waals surface area contributed by atoms with Crippen molar-refractivity contribution in [3.8, 4) is 0 Å². The van der Waals surface area contributed by atoms with Crippen molar-refractivity contribution in [1.82, 2.24) is 15.0 Å². The van der Waals surface area contributed by atoms with E-state index in [1.807, 2.05) is 49.9 Å². The Hall–Kier alpha value is -3.22. The number of benzene rings is 1. The van der Waals surface area contributed by atoms with Crippen molar-refractivity contribution in [3.05, 3.63) is 53.3 Å². The summed E-state index contributed by atoms with van der Waals surface area (Å²) in [4.78, 5) is 34.2. The van der Waals surface area contributed by atoms with Crippen molar-refractivity contribution >= 4 is 28.6 Å². The zero-order valence-corrected chi connectivity index (χ0v) is 18.3. The summed E-state index contributed by atoms with van der Waals surface area (Å²) < 4.78 is 5.30. The van der Waals surface area contributed by atoms with Gasteiger partial charge in [0, 0.05) is 25.0 Å². The molecule has 0 unspecified atom stereocenters. The van der Waals surface area contributed by atoms with Crippen molar-refractivity contribution in [2.45, 2.75) is 46.0 Å². The Kier molecular flexibility index (Phi) is 6.02. The number of piperidine rings is 1. The Morgan fingerprint density at radius 2 is 1.84 bits per heavy atom. The number of anilines is 1. The van der Waals surface area contributed by atoms with Gasteiger partial charge in [0.2, 0.25) is 5.91 Å². The third-order valence-corrected chi connectivity index (χ3v) is 5.74. The summed E-state index contributed by atoms with van der Waals surface area (Å²) in [6.07, 6.45) is 4.66. The number of hydrogen-bond acceptors (Lipinski definition) is 5. The molecule has 1 saturated heterocycles. The summed E-state index contributed by atoms with van der Waals surface area (Å²) in [6.45, 7) is 7.53. The maximum absolute atomic E-state index is 13.6. The average Bonchev–Trinajstić information content (AvgIpc) is 3.22. The van der Waals surface area contributed by atoms with Gasteiger partial charge in [-0.15, -0.1) is 0 Å². The Morgan fingerprint density at radius 1 is 1.13 bits per heavy atom. The zero-order valence-electron chi connectivity index (χ0n) is 18.3. The lowest BCUT2D eigenvalue weighted by atomic mass is 10.1. The van der Waals surface area contributed by atoms with Gasteiger partial charge >= 0.3 is 0 Å². The first kappa shape index (κ1) is 21.0. The first-order valence-electron chi connectivity index (χ1n) is 10.9. The molecule has 1 aliphatic heterocycles. The summed E-state index contributed by atoms with van der Waals surface area (Å²) in [7, 11) is 0. The van der Waals surface area contributed by atoms with Crippen LogP contribution in [0.2, 0.25) is 0 Å². The highest BCUT2D eigenvalue weighted by atomic mass is 16.5.